The van der Waals surface area contributed by atoms with Gasteiger partial charge >= 0.3 is 0 Å². The summed E-state index contributed by atoms with van der Waals surface area (Å²) in [6, 6.07) is 19.2. The van der Waals surface area contributed by atoms with Crippen LogP contribution in [0.25, 0.3) is 11.1 Å². The van der Waals surface area contributed by atoms with Gasteiger partial charge in [0.05, 0.1) is 12.6 Å². The number of nitrogens with zero attached hydrogens (tertiary/aromatic N) is 1. The van der Waals surface area contributed by atoms with Crippen molar-refractivity contribution >= 4 is 5.69 Å². The van der Waals surface area contributed by atoms with Crippen molar-refractivity contribution < 1.29 is 5.11 Å². The van der Waals surface area contributed by atoms with Crippen LogP contribution in [0.15, 0.2) is 54.6 Å². The van der Waals surface area contributed by atoms with Crippen LogP contribution in [-0.4, -0.2) is 24.3 Å². The molecule has 1 atom stereocenters. The van der Waals surface area contributed by atoms with Gasteiger partial charge in [-0.05, 0) is 24.5 Å². The number of aliphatic hydroxyl groups excluding tert-OH is 1. The second kappa shape index (κ2) is 5.45. The van der Waals surface area contributed by atoms with E-state index in [1.54, 1.807) is 0 Å². The van der Waals surface area contributed by atoms with Crippen LogP contribution >= 0.6 is 0 Å². The van der Waals surface area contributed by atoms with Crippen molar-refractivity contribution in [2.75, 3.05) is 18.1 Å². The molecule has 2 aromatic carbocycles. The maximum atomic E-state index is 9.52. The van der Waals surface area contributed by atoms with E-state index in [0.29, 0.717) is 0 Å². The molecule has 3 rings (SSSR count). The number of aliphatic hydroxyl groups is 1. The van der Waals surface area contributed by atoms with Crippen molar-refractivity contribution in [3.05, 3.63) is 54.6 Å². The first kappa shape index (κ1) is 12.2. The Bertz CT molecular complexity index is 538. The molecule has 19 heavy (non-hydrogen) atoms. The van der Waals surface area contributed by atoms with E-state index in [1.165, 1.54) is 16.8 Å². The molecule has 1 heterocycles. The molecule has 2 nitrogen and oxygen atoms in total. The van der Waals surface area contributed by atoms with Crippen LogP contribution in [0, 0.1) is 0 Å². The molecular weight excluding hydrogens is 234 g/mol. The van der Waals surface area contributed by atoms with E-state index in [2.05, 4.69) is 53.4 Å². The van der Waals surface area contributed by atoms with Crippen molar-refractivity contribution in [3.8, 4) is 11.1 Å². The van der Waals surface area contributed by atoms with Crippen LogP contribution < -0.4 is 4.90 Å². The second-order valence-corrected chi connectivity index (χ2v) is 5.06. The maximum absolute atomic E-state index is 9.52. The highest BCUT2D eigenvalue weighted by atomic mass is 16.3. The Hall–Kier alpha value is -1.80. The lowest BCUT2D eigenvalue weighted by Gasteiger charge is -2.27. The van der Waals surface area contributed by atoms with Crippen molar-refractivity contribution in [1.29, 1.82) is 0 Å². The quantitative estimate of drug-likeness (QED) is 0.907. The molecule has 98 valence electrons. The van der Waals surface area contributed by atoms with Crippen LogP contribution in [0.4, 0.5) is 5.69 Å². The molecule has 1 N–H and O–H groups in total. The average molecular weight is 253 g/mol. The monoisotopic (exact) mass is 253 g/mol. The number of anilines is 1. The molecule has 1 aliphatic heterocycles. The van der Waals surface area contributed by atoms with Gasteiger partial charge in [0.1, 0.15) is 0 Å². The first-order valence-corrected chi connectivity index (χ1v) is 6.92. The third-order valence-corrected chi connectivity index (χ3v) is 3.89. The zero-order valence-corrected chi connectivity index (χ0v) is 11.0. The first-order valence-electron chi connectivity index (χ1n) is 6.92. The van der Waals surface area contributed by atoms with E-state index in [0.717, 1.165) is 19.4 Å². The molecule has 1 fully saturated rings. The van der Waals surface area contributed by atoms with E-state index in [-0.39, 0.29) is 12.6 Å². The van der Waals surface area contributed by atoms with E-state index in [4.69, 9.17) is 0 Å². The van der Waals surface area contributed by atoms with Gasteiger partial charge in [-0.1, -0.05) is 48.5 Å². The van der Waals surface area contributed by atoms with Crippen molar-refractivity contribution in [2.45, 2.75) is 18.9 Å². The molecule has 0 radical (unpaired) electrons. The van der Waals surface area contributed by atoms with Gasteiger partial charge in [0.15, 0.2) is 0 Å². The van der Waals surface area contributed by atoms with Crippen LogP contribution in [0.1, 0.15) is 12.8 Å². The molecule has 0 saturated carbocycles. The fourth-order valence-corrected chi connectivity index (χ4v) is 2.93. The van der Waals surface area contributed by atoms with Gasteiger partial charge in [0.2, 0.25) is 0 Å². The average Bonchev–Trinajstić information content (AvgIpc) is 2.96. The molecule has 0 spiro atoms. The first-order chi connectivity index (χ1) is 9.40. The smallest absolute Gasteiger partial charge is 0.0635 e. The minimum absolute atomic E-state index is 0.239. The van der Waals surface area contributed by atoms with Crippen molar-refractivity contribution in [1.82, 2.24) is 0 Å². The summed E-state index contributed by atoms with van der Waals surface area (Å²) in [6.07, 6.45) is 2.24. The number of benzene rings is 2. The zero-order valence-electron chi connectivity index (χ0n) is 11.0. The summed E-state index contributed by atoms with van der Waals surface area (Å²) >= 11 is 0. The summed E-state index contributed by atoms with van der Waals surface area (Å²) in [6.45, 7) is 1.28. The Kier molecular flexibility index (Phi) is 3.51. The molecule has 0 bridgehead atoms. The van der Waals surface area contributed by atoms with Crippen LogP contribution in [0.5, 0.6) is 0 Å². The molecule has 0 unspecified atom stereocenters. The van der Waals surface area contributed by atoms with Crippen LogP contribution in [-0.2, 0) is 0 Å². The molecule has 2 heteroatoms. The van der Waals surface area contributed by atoms with Gasteiger partial charge in [-0.2, -0.15) is 0 Å². The zero-order chi connectivity index (χ0) is 13.1. The SMILES string of the molecule is OC[C@H]1CCCN1c1ccccc1-c1ccccc1. The standard InChI is InChI=1S/C17H19NO/c19-13-15-9-6-12-18(15)17-11-5-4-10-16(17)14-7-2-1-3-8-14/h1-5,7-8,10-11,15,19H,6,9,12-13H2/t15-/m1/s1. The lowest BCUT2D eigenvalue weighted by Crippen LogP contribution is -2.32. The van der Waals surface area contributed by atoms with E-state index < -0.39 is 0 Å². The Labute approximate surface area is 114 Å². The largest absolute Gasteiger partial charge is 0.394 e. The van der Waals surface area contributed by atoms with Gasteiger partial charge in [-0.25, -0.2) is 0 Å². The lowest BCUT2D eigenvalue weighted by atomic mass is 10.0. The van der Waals surface area contributed by atoms with Crippen LogP contribution in [0.2, 0.25) is 0 Å². The predicted octanol–water partition coefficient (Wildman–Crippen LogP) is 3.31. The minimum Gasteiger partial charge on any atom is -0.394 e. The highest BCUT2D eigenvalue weighted by molar-refractivity contribution is 5.79. The fourth-order valence-electron chi connectivity index (χ4n) is 2.93. The van der Waals surface area contributed by atoms with Crippen LogP contribution in [0.3, 0.4) is 0 Å². The normalized spacial score (nSPS) is 18.8. The molecular formula is C17H19NO. The van der Waals surface area contributed by atoms with Crippen molar-refractivity contribution in [2.24, 2.45) is 0 Å². The minimum atomic E-state index is 0.239. The maximum Gasteiger partial charge on any atom is 0.0635 e. The summed E-state index contributed by atoms with van der Waals surface area (Å²) in [5.41, 5.74) is 3.73. The molecule has 0 aromatic heterocycles. The Morgan fingerprint density at radius 3 is 2.53 bits per heavy atom. The highest BCUT2D eigenvalue weighted by Gasteiger charge is 2.25. The Morgan fingerprint density at radius 2 is 1.74 bits per heavy atom. The fraction of sp³-hybridized carbons (Fsp3) is 0.294. The van der Waals surface area contributed by atoms with Gasteiger partial charge in [0, 0.05) is 17.8 Å². The molecule has 0 amide bonds. The summed E-state index contributed by atoms with van der Waals surface area (Å²) in [4.78, 5) is 2.35. The number of para-hydroxylation sites is 1. The predicted molar refractivity (Wildman–Crippen MR) is 79.3 cm³/mol. The molecule has 1 saturated heterocycles. The second-order valence-electron chi connectivity index (χ2n) is 5.06. The summed E-state index contributed by atoms with van der Waals surface area (Å²) < 4.78 is 0. The Morgan fingerprint density at radius 1 is 1.00 bits per heavy atom. The van der Waals surface area contributed by atoms with Gasteiger partial charge < -0.3 is 10.0 Å². The lowest BCUT2D eigenvalue weighted by molar-refractivity contribution is 0.266. The Balaban J connectivity index is 2.03. The summed E-state index contributed by atoms with van der Waals surface area (Å²) in [7, 11) is 0. The number of hydrogen-bond acceptors (Lipinski definition) is 2. The third kappa shape index (κ3) is 2.36. The van der Waals surface area contributed by atoms with E-state index >= 15 is 0 Å². The van der Waals surface area contributed by atoms with Gasteiger partial charge in [-0.3, -0.25) is 0 Å². The van der Waals surface area contributed by atoms with E-state index in [1.807, 2.05) is 6.07 Å². The van der Waals surface area contributed by atoms with E-state index in [9.17, 15) is 5.11 Å². The molecule has 1 aliphatic rings. The van der Waals surface area contributed by atoms with Crippen molar-refractivity contribution in [3.63, 3.8) is 0 Å². The number of hydrogen-bond donors (Lipinski definition) is 1. The topological polar surface area (TPSA) is 23.5 Å². The van der Waals surface area contributed by atoms with Gasteiger partial charge in [-0.15, -0.1) is 0 Å². The molecule has 2 aromatic rings. The molecule has 0 aliphatic carbocycles. The summed E-state index contributed by atoms with van der Waals surface area (Å²) in [5, 5.41) is 9.52. The van der Waals surface area contributed by atoms with Gasteiger partial charge in [0.25, 0.3) is 0 Å². The summed E-state index contributed by atoms with van der Waals surface area (Å²) in [5.74, 6) is 0. The number of rotatable bonds is 3. The third-order valence-electron chi connectivity index (χ3n) is 3.89. The highest BCUT2D eigenvalue weighted by Crippen LogP contribution is 2.34.